The highest BCUT2D eigenvalue weighted by Crippen LogP contribution is 2.18. The predicted octanol–water partition coefficient (Wildman–Crippen LogP) is 3.58. The lowest BCUT2D eigenvalue weighted by molar-refractivity contribution is -0.139. The number of aromatic hydroxyl groups is 1. The van der Waals surface area contributed by atoms with Gasteiger partial charge in [0.1, 0.15) is 11.8 Å². The van der Waals surface area contributed by atoms with Crippen molar-refractivity contribution in [1.29, 1.82) is 0 Å². The maximum atomic E-state index is 12.7. The highest BCUT2D eigenvalue weighted by atomic mass is 16.4. The Labute approximate surface area is 181 Å². The number of amides is 1. The number of aliphatic carboxylic acids is 1. The molecule has 0 saturated carbocycles. The Morgan fingerprint density at radius 1 is 0.871 bits per heavy atom. The number of rotatable bonds is 9. The van der Waals surface area contributed by atoms with Gasteiger partial charge in [-0.3, -0.25) is 4.79 Å². The molecule has 3 rings (SSSR count). The van der Waals surface area contributed by atoms with Crippen molar-refractivity contribution in [2.45, 2.75) is 31.7 Å². The largest absolute Gasteiger partial charge is 0.508 e. The van der Waals surface area contributed by atoms with Gasteiger partial charge in [-0.05, 0) is 72.7 Å². The number of carbonyl (C=O) groups is 2. The van der Waals surface area contributed by atoms with E-state index in [1.165, 1.54) is 0 Å². The van der Waals surface area contributed by atoms with Crippen LogP contribution in [0.5, 0.6) is 5.75 Å². The number of hydrogen-bond acceptors (Lipinski definition) is 4. The van der Waals surface area contributed by atoms with E-state index in [9.17, 15) is 19.8 Å². The Morgan fingerprint density at radius 2 is 1.55 bits per heavy atom. The van der Waals surface area contributed by atoms with Crippen molar-refractivity contribution in [1.82, 2.24) is 5.32 Å². The van der Waals surface area contributed by atoms with Crippen LogP contribution in [0.1, 0.15) is 33.5 Å². The molecule has 5 N–H and O–H groups in total. The molecule has 0 saturated heterocycles. The average molecular weight is 418 g/mol. The van der Waals surface area contributed by atoms with Crippen molar-refractivity contribution < 1.29 is 19.8 Å². The number of nitrogen functional groups attached to an aromatic ring is 1. The van der Waals surface area contributed by atoms with Gasteiger partial charge >= 0.3 is 5.97 Å². The average Bonchev–Trinajstić information content (AvgIpc) is 2.77. The van der Waals surface area contributed by atoms with E-state index in [-0.39, 0.29) is 5.75 Å². The molecule has 1 atom stereocenters. The molecule has 0 aromatic heterocycles. The van der Waals surface area contributed by atoms with E-state index in [0.717, 1.165) is 16.7 Å². The second-order valence-electron chi connectivity index (χ2n) is 7.47. The smallest absolute Gasteiger partial charge is 0.326 e. The Morgan fingerprint density at radius 3 is 2.23 bits per heavy atom. The van der Waals surface area contributed by atoms with Crippen LogP contribution in [0.25, 0.3) is 0 Å². The van der Waals surface area contributed by atoms with Gasteiger partial charge in [-0.2, -0.15) is 0 Å². The Kier molecular flexibility index (Phi) is 7.27. The lowest BCUT2D eigenvalue weighted by Crippen LogP contribution is -2.41. The number of phenolic OH excluding ortho intramolecular Hbond substituents is 1. The quantitative estimate of drug-likeness (QED) is 0.397. The second-order valence-corrected chi connectivity index (χ2v) is 7.47. The predicted molar refractivity (Wildman–Crippen MR) is 120 cm³/mol. The molecule has 31 heavy (non-hydrogen) atoms. The standard InChI is InChI=1S/C25H26N2O4/c26-22-14-11-20(16-19(22)10-6-18-7-12-21(28)13-8-18)24(29)27-23(25(30)31)15-9-17-4-2-1-3-5-17/h1-5,7-8,11-14,16,23,28H,6,9-10,15,26H2,(H,27,29)(H,30,31). The molecular weight excluding hydrogens is 392 g/mol. The van der Waals surface area contributed by atoms with Gasteiger partial charge in [-0.15, -0.1) is 0 Å². The number of nitrogens with two attached hydrogens (primary N) is 1. The Hall–Kier alpha value is -3.80. The third kappa shape index (κ3) is 6.34. The lowest BCUT2D eigenvalue weighted by Gasteiger charge is -2.15. The van der Waals surface area contributed by atoms with Crippen LogP contribution < -0.4 is 11.1 Å². The Bertz CT molecular complexity index is 1030. The molecule has 0 fully saturated rings. The van der Waals surface area contributed by atoms with E-state index in [1.54, 1.807) is 30.3 Å². The van der Waals surface area contributed by atoms with E-state index in [0.29, 0.717) is 36.9 Å². The first-order chi connectivity index (χ1) is 14.9. The van der Waals surface area contributed by atoms with Crippen LogP contribution in [0, 0.1) is 0 Å². The Balaban J connectivity index is 1.64. The molecule has 6 nitrogen and oxygen atoms in total. The van der Waals surface area contributed by atoms with Crippen LogP contribution in [-0.2, 0) is 24.1 Å². The zero-order valence-electron chi connectivity index (χ0n) is 17.1. The number of phenols is 1. The van der Waals surface area contributed by atoms with Crippen LogP contribution in [-0.4, -0.2) is 28.1 Å². The summed E-state index contributed by atoms with van der Waals surface area (Å²) in [6, 6.07) is 20.5. The van der Waals surface area contributed by atoms with E-state index in [4.69, 9.17) is 5.73 Å². The topological polar surface area (TPSA) is 113 Å². The fourth-order valence-electron chi connectivity index (χ4n) is 3.36. The van der Waals surface area contributed by atoms with Crippen LogP contribution in [0.15, 0.2) is 72.8 Å². The van der Waals surface area contributed by atoms with Gasteiger partial charge in [-0.25, -0.2) is 4.79 Å². The van der Waals surface area contributed by atoms with Gasteiger partial charge in [0.15, 0.2) is 0 Å². The van der Waals surface area contributed by atoms with Crippen molar-refractivity contribution in [3.05, 3.63) is 95.1 Å². The summed E-state index contributed by atoms with van der Waals surface area (Å²) in [7, 11) is 0. The van der Waals surface area contributed by atoms with Crippen molar-refractivity contribution in [3.8, 4) is 5.75 Å². The molecule has 6 heteroatoms. The van der Waals surface area contributed by atoms with Crippen LogP contribution >= 0.6 is 0 Å². The molecule has 1 amide bonds. The monoisotopic (exact) mass is 418 g/mol. The van der Waals surface area contributed by atoms with Gasteiger partial charge in [0.2, 0.25) is 0 Å². The molecule has 0 aliphatic carbocycles. The van der Waals surface area contributed by atoms with Crippen LogP contribution in [0.3, 0.4) is 0 Å². The number of carboxylic acid groups (broad SMARTS) is 1. The highest BCUT2D eigenvalue weighted by molar-refractivity contribution is 5.97. The summed E-state index contributed by atoms with van der Waals surface area (Å²) in [4.78, 5) is 24.3. The number of benzene rings is 3. The lowest BCUT2D eigenvalue weighted by atomic mass is 10.00. The van der Waals surface area contributed by atoms with Crippen molar-refractivity contribution in [2.24, 2.45) is 0 Å². The number of carboxylic acids is 1. The first-order valence-electron chi connectivity index (χ1n) is 10.2. The zero-order chi connectivity index (χ0) is 22.2. The zero-order valence-corrected chi connectivity index (χ0v) is 17.1. The summed E-state index contributed by atoms with van der Waals surface area (Å²) in [6.07, 6.45) is 2.17. The van der Waals surface area contributed by atoms with E-state index in [1.807, 2.05) is 42.5 Å². The van der Waals surface area contributed by atoms with Gasteiger partial charge in [0, 0.05) is 11.3 Å². The first-order valence-corrected chi connectivity index (χ1v) is 10.2. The number of nitrogens with one attached hydrogen (secondary N) is 1. The highest BCUT2D eigenvalue weighted by Gasteiger charge is 2.21. The molecule has 3 aromatic rings. The summed E-state index contributed by atoms with van der Waals surface area (Å²) in [5.41, 5.74) is 9.90. The fourth-order valence-corrected chi connectivity index (χ4v) is 3.36. The molecule has 3 aromatic carbocycles. The molecule has 0 spiro atoms. The molecule has 0 radical (unpaired) electrons. The van der Waals surface area contributed by atoms with Gasteiger partial charge in [-0.1, -0.05) is 42.5 Å². The summed E-state index contributed by atoms with van der Waals surface area (Å²) < 4.78 is 0. The maximum Gasteiger partial charge on any atom is 0.326 e. The number of carbonyl (C=O) groups excluding carboxylic acids is 1. The van der Waals surface area contributed by atoms with Gasteiger partial charge < -0.3 is 21.3 Å². The summed E-state index contributed by atoms with van der Waals surface area (Å²) >= 11 is 0. The van der Waals surface area contributed by atoms with E-state index < -0.39 is 17.9 Å². The minimum Gasteiger partial charge on any atom is -0.508 e. The summed E-state index contributed by atoms with van der Waals surface area (Å²) in [6.45, 7) is 0. The van der Waals surface area contributed by atoms with Crippen LogP contribution in [0.2, 0.25) is 0 Å². The summed E-state index contributed by atoms with van der Waals surface area (Å²) in [5.74, 6) is -1.29. The van der Waals surface area contributed by atoms with E-state index in [2.05, 4.69) is 5.32 Å². The molecule has 0 aliphatic rings. The number of hydrogen-bond donors (Lipinski definition) is 4. The number of aryl methyl sites for hydroxylation is 3. The SMILES string of the molecule is Nc1ccc(C(=O)NC(CCc2ccccc2)C(=O)O)cc1CCc1ccc(O)cc1. The molecule has 0 bridgehead atoms. The van der Waals surface area contributed by atoms with Crippen molar-refractivity contribution in [3.63, 3.8) is 0 Å². The van der Waals surface area contributed by atoms with Gasteiger partial charge in [0.25, 0.3) is 5.91 Å². The third-order valence-corrected chi connectivity index (χ3v) is 5.19. The normalized spacial score (nSPS) is 11.6. The molecule has 160 valence electrons. The second kappa shape index (κ2) is 10.3. The number of anilines is 1. The molecule has 0 aliphatic heterocycles. The van der Waals surface area contributed by atoms with Crippen LogP contribution in [0.4, 0.5) is 5.69 Å². The minimum atomic E-state index is -1.06. The summed E-state index contributed by atoms with van der Waals surface area (Å²) in [5, 5.41) is 21.5. The maximum absolute atomic E-state index is 12.7. The molecule has 0 heterocycles. The fraction of sp³-hybridized carbons (Fsp3) is 0.200. The van der Waals surface area contributed by atoms with Crippen molar-refractivity contribution in [2.75, 3.05) is 5.73 Å². The third-order valence-electron chi connectivity index (χ3n) is 5.19. The molecular formula is C25H26N2O4. The molecule has 1 unspecified atom stereocenters. The first kappa shape index (κ1) is 21.9. The minimum absolute atomic E-state index is 0.210. The van der Waals surface area contributed by atoms with E-state index >= 15 is 0 Å². The van der Waals surface area contributed by atoms with Crippen molar-refractivity contribution >= 4 is 17.6 Å². The van der Waals surface area contributed by atoms with Gasteiger partial charge in [0.05, 0.1) is 0 Å².